The monoisotopic (exact) mass is 290 g/mol. The van der Waals surface area contributed by atoms with Crippen LogP contribution in [-0.2, 0) is 0 Å². The number of benzene rings is 1. The van der Waals surface area contributed by atoms with Crippen molar-refractivity contribution in [3.8, 4) is 0 Å². The lowest BCUT2D eigenvalue weighted by Crippen LogP contribution is -2.58. The second kappa shape index (κ2) is 6.91. The number of aliphatic hydroxyl groups excluding tert-OH is 1. The normalized spacial score (nSPS) is 20.3. The summed E-state index contributed by atoms with van der Waals surface area (Å²) in [6, 6.07) is 10.2. The average Bonchev–Trinajstić information content (AvgIpc) is 2.44. The number of nitrogens with zero attached hydrogens (tertiary/aromatic N) is 2. The van der Waals surface area contributed by atoms with Crippen LogP contribution in [0.1, 0.15) is 44.3 Å². The molecule has 0 aromatic heterocycles. The van der Waals surface area contributed by atoms with Gasteiger partial charge in [0.1, 0.15) is 0 Å². The van der Waals surface area contributed by atoms with Gasteiger partial charge in [-0.25, -0.2) is 0 Å². The Labute approximate surface area is 129 Å². The highest BCUT2D eigenvalue weighted by atomic mass is 16.3. The molecule has 1 aromatic rings. The maximum atomic E-state index is 10.7. The molecule has 1 aliphatic carbocycles. The molecule has 0 heterocycles. The molecule has 0 bridgehead atoms. The zero-order valence-electron chi connectivity index (χ0n) is 13.9. The summed E-state index contributed by atoms with van der Waals surface area (Å²) in [4.78, 5) is 4.73. The van der Waals surface area contributed by atoms with E-state index in [2.05, 4.69) is 37.9 Å². The molecule has 0 saturated heterocycles. The van der Waals surface area contributed by atoms with Gasteiger partial charge in [0.25, 0.3) is 0 Å². The lowest BCUT2D eigenvalue weighted by Gasteiger charge is -2.50. The Kier molecular flexibility index (Phi) is 5.42. The van der Waals surface area contributed by atoms with Crippen molar-refractivity contribution < 1.29 is 5.11 Å². The van der Waals surface area contributed by atoms with Gasteiger partial charge in [-0.3, -0.25) is 4.90 Å². The Morgan fingerprint density at radius 2 is 1.76 bits per heavy atom. The maximum absolute atomic E-state index is 10.7. The Morgan fingerprint density at radius 3 is 2.19 bits per heavy atom. The fraction of sp³-hybridized carbons (Fsp3) is 0.667. The van der Waals surface area contributed by atoms with E-state index in [0.29, 0.717) is 5.54 Å². The number of aliphatic hydroxyl groups is 1. The molecule has 21 heavy (non-hydrogen) atoms. The molecule has 0 aliphatic heterocycles. The molecule has 118 valence electrons. The second-order valence-corrected chi connectivity index (χ2v) is 6.72. The lowest BCUT2D eigenvalue weighted by atomic mass is 9.75. The van der Waals surface area contributed by atoms with E-state index in [-0.39, 0.29) is 6.04 Å². The fourth-order valence-electron chi connectivity index (χ4n) is 3.56. The molecule has 0 radical (unpaired) electrons. The highest BCUT2D eigenvalue weighted by Gasteiger charge is 2.41. The number of likely N-dealkylation sites (N-methyl/N-ethyl adjacent to an activating group) is 2. The molecule has 0 amide bonds. The molecule has 3 nitrogen and oxygen atoms in total. The summed E-state index contributed by atoms with van der Waals surface area (Å²) in [7, 11) is 6.52. The zero-order chi connectivity index (χ0) is 15.5. The van der Waals surface area contributed by atoms with Crippen molar-refractivity contribution in [3.63, 3.8) is 0 Å². The minimum absolute atomic E-state index is 0.171. The first-order valence-corrected chi connectivity index (χ1v) is 8.11. The van der Waals surface area contributed by atoms with E-state index in [1.807, 2.05) is 30.3 Å². The van der Waals surface area contributed by atoms with Gasteiger partial charge in [-0.05, 0) is 52.4 Å². The summed E-state index contributed by atoms with van der Waals surface area (Å²) >= 11 is 0. The van der Waals surface area contributed by atoms with Crippen LogP contribution in [0.2, 0.25) is 0 Å². The van der Waals surface area contributed by atoms with Crippen molar-refractivity contribution in [1.82, 2.24) is 9.80 Å². The Morgan fingerprint density at radius 1 is 1.14 bits per heavy atom. The van der Waals surface area contributed by atoms with Gasteiger partial charge in [0.05, 0.1) is 6.10 Å². The Bertz CT molecular complexity index is 428. The third-order valence-corrected chi connectivity index (χ3v) is 5.27. The molecule has 1 saturated carbocycles. The first kappa shape index (κ1) is 16.5. The summed E-state index contributed by atoms with van der Waals surface area (Å²) in [6.45, 7) is 3.19. The van der Waals surface area contributed by atoms with E-state index >= 15 is 0 Å². The van der Waals surface area contributed by atoms with Crippen LogP contribution in [0.5, 0.6) is 0 Å². The van der Waals surface area contributed by atoms with E-state index < -0.39 is 6.10 Å². The predicted octanol–water partition coefficient (Wildman–Crippen LogP) is 2.91. The van der Waals surface area contributed by atoms with Gasteiger partial charge in [-0.1, -0.05) is 37.3 Å². The molecule has 2 unspecified atom stereocenters. The van der Waals surface area contributed by atoms with E-state index in [1.54, 1.807) is 0 Å². The summed E-state index contributed by atoms with van der Waals surface area (Å²) in [6.07, 6.45) is 4.39. The minimum Gasteiger partial charge on any atom is -0.387 e. The third-order valence-electron chi connectivity index (χ3n) is 5.27. The molecule has 1 aromatic carbocycles. The first-order chi connectivity index (χ1) is 10.00. The molecule has 1 aliphatic rings. The van der Waals surface area contributed by atoms with Crippen molar-refractivity contribution >= 4 is 0 Å². The summed E-state index contributed by atoms with van der Waals surface area (Å²) in [5, 5.41) is 10.7. The zero-order valence-corrected chi connectivity index (χ0v) is 13.9. The minimum atomic E-state index is -0.416. The topological polar surface area (TPSA) is 26.7 Å². The summed E-state index contributed by atoms with van der Waals surface area (Å²) < 4.78 is 0. The lowest BCUT2D eigenvalue weighted by molar-refractivity contribution is -0.0125. The van der Waals surface area contributed by atoms with Crippen LogP contribution in [0.15, 0.2) is 30.3 Å². The largest absolute Gasteiger partial charge is 0.387 e. The smallest absolute Gasteiger partial charge is 0.0944 e. The molecule has 3 heteroatoms. The van der Waals surface area contributed by atoms with Crippen LogP contribution < -0.4 is 0 Å². The van der Waals surface area contributed by atoms with Gasteiger partial charge in [-0.2, -0.15) is 0 Å². The predicted molar refractivity (Wildman–Crippen MR) is 88.4 cm³/mol. The van der Waals surface area contributed by atoms with Gasteiger partial charge in [0, 0.05) is 18.1 Å². The van der Waals surface area contributed by atoms with Gasteiger partial charge in [0.15, 0.2) is 0 Å². The van der Waals surface area contributed by atoms with Crippen molar-refractivity contribution in [1.29, 1.82) is 0 Å². The number of hydrogen-bond acceptors (Lipinski definition) is 3. The molecule has 1 N–H and O–H groups in total. The van der Waals surface area contributed by atoms with Gasteiger partial charge < -0.3 is 10.0 Å². The van der Waals surface area contributed by atoms with Crippen LogP contribution in [0.3, 0.4) is 0 Å². The van der Waals surface area contributed by atoms with E-state index in [1.165, 1.54) is 19.3 Å². The van der Waals surface area contributed by atoms with Crippen LogP contribution >= 0.6 is 0 Å². The number of rotatable bonds is 7. The molecule has 2 rings (SSSR count). The fourth-order valence-corrected chi connectivity index (χ4v) is 3.56. The average molecular weight is 290 g/mol. The summed E-state index contributed by atoms with van der Waals surface area (Å²) in [5.41, 5.74) is 1.32. The molecular formula is C18H30N2O. The van der Waals surface area contributed by atoms with E-state index in [9.17, 15) is 5.11 Å². The Balaban J connectivity index is 2.06. The summed E-state index contributed by atoms with van der Waals surface area (Å²) in [5.74, 6) is 0. The Hall–Kier alpha value is -0.900. The van der Waals surface area contributed by atoms with Crippen LogP contribution in [0.25, 0.3) is 0 Å². The highest BCUT2D eigenvalue weighted by Crippen LogP contribution is 2.37. The third kappa shape index (κ3) is 3.47. The van der Waals surface area contributed by atoms with Gasteiger partial charge in [-0.15, -0.1) is 0 Å². The SMILES string of the molecule is CCC(C(O)c1ccccc1)N(C)CC1(N(C)C)CCC1. The van der Waals surface area contributed by atoms with E-state index in [0.717, 1.165) is 18.5 Å². The van der Waals surface area contributed by atoms with Crippen LogP contribution in [0, 0.1) is 0 Å². The van der Waals surface area contributed by atoms with Crippen molar-refractivity contribution in [2.45, 2.75) is 50.3 Å². The van der Waals surface area contributed by atoms with Gasteiger partial charge in [0.2, 0.25) is 0 Å². The van der Waals surface area contributed by atoms with Crippen molar-refractivity contribution in [2.24, 2.45) is 0 Å². The number of hydrogen-bond donors (Lipinski definition) is 1. The molecular weight excluding hydrogens is 260 g/mol. The molecule has 1 fully saturated rings. The van der Waals surface area contributed by atoms with Crippen LogP contribution in [-0.4, -0.2) is 54.2 Å². The highest BCUT2D eigenvalue weighted by molar-refractivity contribution is 5.19. The molecule has 0 spiro atoms. The maximum Gasteiger partial charge on any atom is 0.0944 e. The standard InChI is InChI=1S/C18H30N2O/c1-5-16(17(21)15-10-7-6-8-11-15)20(4)14-18(19(2)3)12-9-13-18/h6-8,10-11,16-17,21H,5,9,12-14H2,1-4H3. The second-order valence-electron chi connectivity index (χ2n) is 6.72. The molecule has 2 atom stereocenters. The first-order valence-electron chi connectivity index (χ1n) is 8.11. The van der Waals surface area contributed by atoms with E-state index in [4.69, 9.17) is 0 Å². The van der Waals surface area contributed by atoms with Crippen molar-refractivity contribution in [3.05, 3.63) is 35.9 Å². The van der Waals surface area contributed by atoms with Crippen molar-refractivity contribution in [2.75, 3.05) is 27.7 Å². The quantitative estimate of drug-likeness (QED) is 0.836. The van der Waals surface area contributed by atoms with Gasteiger partial charge >= 0.3 is 0 Å². The van der Waals surface area contributed by atoms with Crippen LogP contribution in [0.4, 0.5) is 0 Å².